The molecule has 1 saturated heterocycles. The van der Waals surface area contributed by atoms with Crippen molar-refractivity contribution in [1.29, 1.82) is 5.26 Å². The lowest BCUT2D eigenvalue weighted by Crippen LogP contribution is -2.44. The molecule has 1 atom stereocenters. The van der Waals surface area contributed by atoms with Crippen molar-refractivity contribution in [3.63, 3.8) is 0 Å². The summed E-state index contributed by atoms with van der Waals surface area (Å²) in [5.74, 6) is 1.68. The maximum Gasteiger partial charge on any atom is 0.211 e. The monoisotopic (exact) mass is 509 g/mol. The lowest BCUT2D eigenvalue weighted by Gasteiger charge is -2.38. The first-order valence-electron chi connectivity index (χ1n) is 11.8. The van der Waals surface area contributed by atoms with Gasteiger partial charge < -0.3 is 15.2 Å². The number of nitriles is 1. The first kappa shape index (κ1) is 25.8. The quantitative estimate of drug-likeness (QED) is 0.516. The fourth-order valence-corrected chi connectivity index (χ4v) is 5.74. The molecule has 9 nitrogen and oxygen atoms in total. The van der Waals surface area contributed by atoms with Crippen LogP contribution >= 0.6 is 0 Å². The first-order valence-corrected chi connectivity index (χ1v) is 13.6. The summed E-state index contributed by atoms with van der Waals surface area (Å²) < 4.78 is 31.0. The molecule has 0 saturated carbocycles. The Labute approximate surface area is 211 Å². The number of aliphatic hydroxyl groups is 1. The highest BCUT2D eigenvalue weighted by atomic mass is 32.2. The molecule has 0 bridgehead atoms. The number of fused-ring (bicyclic) bond motifs is 1. The van der Waals surface area contributed by atoms with Crippen molar-refractivity contribution in [2.45, 2.75) is 45.3 Å². The van der Waals surface area contributed by atoms with Crippen molar-refractivity contribution in [3.8, 4) is 11.8 Å². The van der Waals surface area contributed by atoms with Crippen LogP contribution in [0.25, 0.3) is 10.9 Å². The minimum Gasteiger partial charge on any atom is -0.496 e. The van der Waals surface area contributed by atoms with Crippen molar-refractivity contribution in [2.24, 2.45) is 0 Å². The van der Waals surface area contributed by atoms with E-state index >= 15 is 0 Å². The number of aryl methyl sites for hydroxylation is 1. The Hall–Kier alpha value is -3.26. The minimum atomic E-state index is -3.33. The average molecular weight is 510 g/mol. The molecule has 2 aromatic carbocycles. The summed E-state index contributed by atoms with van der Waals surface area (Å²) in [5.41, 5.74) is 2.50. The largest absolute Gasteiger partial charge is 0.496 e. The molecule has 1 aliphatic heterocycles. The van der Waals surface area contributed by atoms with Crippen LogP contribution in [0.1, 0.15) is 53.9 Å². The van der Waals surface area contributed by atoms with Gasteiger partial charge in [0.25, 0.3) is 0 Å². The van der Waals surface area contributed by atoms with Crippen molar-refractivity contribution >= 4 is 26.7 Å². The molecule has 0 amide bonds. The van der Waals surface area contributed by atoms with Crippen LogP contribution in [-0.4, -0.2) is 54.3 Å². The Balaban J connectivity index is 1.77. The van der Waals surface area contributed by atoms with Gasteiger partial charge in [-0.25, -0.2) is 22.7 Å². The fourth-order valence-electron chi connectivity index (χ4n) is 4.90. The van der Waals surface area contributed by atoms with Gasteiger partial charge in [0.15, 0.2) is 0 Å². The molecule has 0 unspecified atom stereocenters. The summed E-state index contributed by atoms with van der Waals surface area (Å²) in [7, 11) is -1.79. The molecule has 190 valence electrons. The zero-order valence-corrected chi connectivity index (χ0v) is 22.0. The van der Waals surface area contributed by atoms with E-state index in [2.05, 4.69) is 21.4 Å². The summed E-state index contributed by atoms with van der Waals surface area (Å²) in [6.07, 6.45) is 1.67. The number of aromatic nitrogens is 2. The van der Waals surface area contributed by atoms with Crippen molar-refractivity contribution < 1.29 is 18.3 Å². The highest BCUT2D eigenvalue weighted by Gasteiger charge is 2.39. The third kappa shape index (κ3) is 4.87. The molecule has 2 N–H and O–H groups in total. The van der Waals surface area contributed by atoms with Crippen molar-refractivity contribution in [1.82, 2.24) is 14.3 Å². The average Bonchev–Trinajstić information content (AvgIpc) is 2.82. The second-order valence-corrected chi connectivity index (χ2v) is 11.4. The molecule has 0 spiro atoms. The van der Waals surface area contributed by atoms with E-state index in [-0.39, 0.29) is 32.0 Å². The van der Waals surface area contributed by atoms with Gasteiger partial charge in [-0.15, -0.1) is 0 Å². The Morgan fingerprint density at radius 2 is 1.92 bits per heavy atom. The zero-order chi connectivity index (χ0) is 26.3. The summed E-state index contributed by atoms with van der Waals surface area (Å²) >= 11 is 0. The summed E-state index contributed by atoms with van der Waals surface area (Å²) in [5, 5.41) is 25.2. The van der Waals surface area contributed by atoms with Gasteiger partial charge in [-0.1, -0.05) is 12.1 Å². The highest BCUT2D eigenvalue weighted by molar-refractivity contribution is 7.88. The standard InChI is InChI=1S/C26H31N5O4S/c1-16-19(15-27)7-6-8-20(16)17(2)28-25-21-13-22(24(35-4)14-23(21)29-18(3)30-25)26(32)9-11-31(12-10-26)36(5,33)34/h6-8,13-14,17,32H,9-12H2,1-5H3,(H,28,29,30)/t17-/m1/s1. The second kappa shape index (κ2) is 9.65. The van der Waals surface area contributed by atoms with Gasteiger partial charge in [-0.05, 0) is 56.9 Å². The number of hydrogen-bond donors (Lipinski definition) is 2. The topological polar surface area (TPSA) is 128 Å². The number of anilines is 1. The van der Waals surface area contributed by atoms with Crippen LogP contribution in [0.2, 0.25) is 0 Å². The number of hydrogen-bond acceptors (Lipinski definition) is 8. The van der Waals surface area contributed by atoms with Gasteiger partial charge in [0, 0.05) is 30.1 Å². The molecule has 0 radical (unpaired) electrons. The van der Waals surface area contributed by atoms with Crippen molar-refractivity contribution in [2.75, 3.05) is 31.8 Å². The SMILES string of the molecule is COc1cc2nc(C)nc(N[C@H](C)c3cccc(C#N)c3C)c2cc1C1(O)CCN(S(C)(=O)=O)CC1. The van der Waals surface area contributed by atoms with Crippen LogP contribution in [0.15, 0.2) is 30.3 Å². The van der Waals surface area contributed by atoms with Crippen molar-refractivity contribution in [3.05, 3.63) is 58.4 Å². The molecule has 1 aliphatic rings. The van der Waals surface area contributed by atoms with Crippen LogP contribution in [0.4, 0.5) is 5.82 Å². The molecule has 1 aromatic heterocycles. The minimum absolute atomic E-state index is 0.151. The van der Waals surface area contributed by atoms with Gasteiger partial charge in [-0.3, -0.25) is 0 Å². The highest BCUT2D eigenvalue weighted by Crippen LogP contribution is 2.41. The van der Waals surface area contributed by atoms with E-state index in [9.17, 15) is 18.8 Å². The Bertz CT molecular complexity index is 1460. The van der Waals surface area contributed by atoms with Gasteiger partial charge in [0.05, 0.1) is 42.2 Å². The molecular weight excluding hydrogens is 478 g/mol. The number of methoxy groups -OCH3 is 1. The van der Waals surface area contributed by atoms with Crippen LogP contribution in [0.5, 0.6) is 5.75 Å². The number of piperidine rings is 1. The van der Waals surface area contributed by atoms with E-state index in [1.807, 2.05) is 39.0 Å². The smallest absolute Gasteiger partial charge is 0.211 e. The number of ether oxygens (including phenoxy) is 1. The third-order valence-electron chi connectivity index (χ3n) is 6.96. The Morgan fingerprint density at radius 3 is 2.53 bits per heavy atom. The molecule has 10 heteroatoms. The fraction of sp³-hybridized carbons (Fsp3) is 0.423. The number of sulfonamides is 1. The molecule has 0 aliphatic carbocycles. The number of rotatable bonds is 6. The number of benzene rings is 2. The normalized spacial score (nSPS) is 16.9. The molecule has 3 aromatic rings. The van der Waals surface area contributed by atoms with E-state index in [1.165, 1.54) is 10.6 Å². The molecule has 4 rings (SSSR count). The van der Waals surface area contributed by atoms with Gasteiger partial charge in [0.1, 0.15) is 17.4 Å². The molecule has 1 fully saturated rings. The maximum atomic E-state index is 12.0. The summed E-state index contributed by atoms with van der Waals surface area (Å²) in [4.78, 5) is 9.23. The third-order valence-corrected chi connectivity index (χ3v) is 8.27. The van der Waals surface area contributed by atoms with Gasteiger partial charge in [0.2, 0.25) is 10.0 Å². The van der Waals surface area contributed by atoms with E-state index in [1.54, 1.807) is 19.2 Å². The molecule has 36 heavy (non-hydrogen) atoms. The van der Waals surface area contributed by atoms with E-state index in [0.717, 1.165) is 16.5 Å². The number of nitrogens with one attached hydrogen (secondary N) is 1. The van der Waals surface area contributed by atoms with E-state index < -0.39 is 15.6 Å². The molecular formula is C26H31N5O4S. The predicted octanol–water partition coefficient (Wildman–Crippen LogP) is 3.54. The van der Waals surface area contributed by atoms with Crippen LogP contribution < -0.4 is 10.1 Å². The first-order chi connectivity index (χ1) is 17.0. The van der Waals surface area contributed by atoms with E-state index in [4.69, 9.17) is 4.74 Å². The predicted molar refractivity (Wildman–Crippen MR) is 138 cm³/mol. The lowest BCUT2D eigenvalue weighted by atomic mass is 9.84. The Kier molecular flexibility index (Phi) is 6.92. The van der Waals surface area contributed by atoms with Crippen LogP contribution in [-0.2, 0) is 15.6 Å². The number of nitrogens with zero attached hydrogens (tertiary/aromatic N) is 4. The second-order valence-electron chi connectivity index (χ2n) is 9.38. The van der Waals surface area contributed by atoms with Crippen LogP contribution in [0, 0.1) is 25.2 Å². The summed E-state index contributed by atoms with van der Waals surface area (Å²) in [6, 6.07) is 11.4. The zero-order valence-electron chi connectivity index (χ0n) is 21.2. The van der Waals surface area contributed by atoms with Gasteiger partial charge >= 0.3 is 0 Å². The van der Waals surface area contributed by atoms with E-state index in [0.29, 0.717) is 34.0 Å². The lowest BCUT2D eigenvalue weighted by molar-refractivity contribution is -0.0111. The Morgan fingerprint density at radius 1 is 1.22 bits per heavy atom. The summed E-state index contributed by atoms with van der Waals surface area (Å²) in [6.45, 7) is 6.18. The maximum absolute atomic E-state index is 12.0. The van der Waals surface area contributed by atoms with Crippen LogP contribution in [0.3, 0.4) is 0 Å². The van der Waals surface area contributed by atoms with Gasteiger partial charge in [-0.2, -0.15) is 5.26 Å². The molecule has 2 heterocycles.